The van der Waals surface area contributed by atoms with Crippen molar-refractivity contribution in [1.29, 1.82) is 0 Å². The van der Waals surface area contributed by atoms with E-state index in [1.54, 1.807) is 31.2 Å². The second-order valence-electron chi connectivity index (χ2n) is 4.53. The van der Waals surface area contributed by atoms with Gasteiger partial charge in [-0.05, 0) is 42.8 Å². The van der Waals surface area contributed by atoms with Gasteiger partial charge < -0.3 is 16.8 Å². The lowest BCUT2D eigenvalue weighted by Crippen LogP contribution is -2.16. The molecule has 0 aliphatic rings. The lowest BCUT2D eigenvalue weighted by atomic mass is 10.1. The van der Waals surface area contributed by atoms with Crippen molar-refractivity contribution in [3.8, 4) is 0 Å². The van der Waals surface area contributed by atoms with Crippen LogP contribution in [0.25, 0.3) is 0 Å². The summed E-state index contributed by atoms with van der Waals surface area (Å²) in [5.41, 5.74) is 13.3. The quantitative estimate of drug-likeness (QED) is 0.760. The van der Waals surface area contributed by atoms with E-state index in [-0.39, 0.29) is 16.5 Å². The van der Waals surface area contributed by atoms with Gasteiger partial charge in [0.2, 0.25) is 5.91 Å². The molecular formula is C15H14ClN3O2. The van der Waals surface area contributed by atoms with Gasteiger partial charge in [-0.3, -0.25) is 9.59 Å². The molecule has 6 heteroatoms. The van der Waals surface area contributed by atoms with Crippen LogP contribution in [-0.2, 0) is 0 Å². The molecule has 0 heterocycles. The van der Waals surface area contributed by atoms with E-state index in [0.717, 1.165) is 0 Å². The van der Waals surface area contributed by atoms with Crippen molar-refractivity contribution in [2.24, 2.45) is 5.73 Å². The maximum atomic E-state index is 12.2. The standard InChI is InChI=1S/C15H14ClN3O2/c1-8-10(3-2-4-13(8)17)15(21)19-9-5-6-12(16)11(7-9)14(18)20/h2-7H,17H2,1H3,(H2,18,20)(H,19,21). The molecule has 0 unspecified atom stereocenters. The molecule has 0 saturated heterocycles. The Balaban J connectivity index is 2.30. The fourth-order valence-electron chi connectivity index (χ4n) is 1.89. The molecule has 2 aromatic rings. The molecule has 0 radical (unpaired) electrons. The molecule has 21 heavy (non-hydrogen) atoms. The third kappa shape index (κ3) is 3.14. The minimum absolute atomic E-state index is 0.152. The van der Waals surface area contributed by atoms with Crippen LogP contribution in [0.15, 0.2) is 36.4 Å². The van der Waals surface area contributed by atoms with Gasteiger partial charge in [-0.25, -0.2) is 0 Å². The van der Waals surface area contributed by atoms with Crippen LogP contribution in [0.4, 0.5) is 11.4 Å². The number of benzene rings is 2. The molecule has 0 atom stereocenters. The second kappa shape index (κ2) is 5.85. The van der Waals surface area contributed by atoms with E-state index in [1.165, 1.54) is 12.1 Å². The zero-order valence-electron chi connectivity index (χ0n) is 11.3. The van der Waals surface area contributed by atoms with Gasteiger partial charge in [0.15, 0.2) is 0 Å². The van der Waals surface area contributed by atoms with Crippen LogP contribution in [0.3, 0.4) is 0 Å². The molecule has 0 spiro atoms. The van der Waals surface area contributed by atoms with Gasteiger partial charge in [-0.15, -0.1) is 0 Å². The van der Waals surface area contributed by atoms with Gasteiger partial charge in [0, 0.05) is 16.9 Å². The largest absolute Gasteiger partial charge is 0.398 e. The molecule has 0 aromatic heterocycles. The SMILES string of the molecule is Cc1c(N)cccc1C(=O)Nc1ccc(Cl)c(C(N)=O)c1. The first-order valence-corrected chi connectivity index (χ1v) is 6.53. The number of hydrogen-bond acceptors (Lipinski definition) is 3. The molecule has 108 valence electrons. The lowest BCUT2D eigenvalue weighted by Gasteiger charge is -2.10. The number of rotatable bonds is 3. The molecule has 0 bridgehead atoms. The number of nitrogens with two attached hydrogens (primary N) is 2. The Morgan fingerprint density at radius 2 is 1.86 bits per heavy atom. The highest BCUT2D eigenvalue weighted by atomic mass is 35.5. The Bertz CT molecular complexity index is 729. The molecule has 2 amide bonds. The summed E-state index contributed by atoms with van der Waals surface area (Å²) in [6, 6.07) is 9.63. The highest BCUT2D eigenvalue weighted by molar-refractivity contribution is 6.34. The van der Waals surface area contributed by atoms with E-state index in [2.05, 4.69) is 5.32 Å². The first kappa shape index (κ1) is 14.9. The number of primary amides is 1. The maximum Gasteiger partial charge on any atom is 0.256 e. The average Bonchev–Trinajstić information content (AvgIpc) is 2.43. The van der Waals surface area contributed by atoms with Crippen LogP contribution in [0.5, 0.6) is 0 Å². The number of halogens is 1. The number of amides is 2. The first-order chi connectivity index (χ1) is 9.90. The molecule has 0 saturated carbocycles. The average molecular weight is 304 g/mol. The Morgan fingerprint density at radius 1 is 1.14 bits per heavy atom. The van der Waals surface area contributed by atoms with Gasteiger partial charge in [0.05, 0.1) is 10.6 Å². The maximum absolute atomic E-state index is 12.2. The summed E-state index contributed by atoms with van der Waals surface area (Å²) < 4.78 is 0. The van der Waals surface area contributed by atoms with Crippen LogP contribution in [0.1, 0.15) is 26.3 Å². The van der Waals surface area contributed by atoms with Crippen molar-refractivity contribution >= 4 is 34.8 Å². The minimum Gasteiger partial charge on any atom is -0.398 e. The number of anilines is 2. The Labute approximate surface area is 126 Å². The minimum atomic E-state index is -0.656. The Hall–Kier alpha value is -2.53. The van der Waals surface area contributed by atoms with Crippen LogP contribution in [0, 0.1) is 6.92 Å². The number of nitrogen functional groups attached to an aromatic ring is 1. The second-order valence-corrected chi connectivity index (χ2v) is 4.94. The number of nitrogens with one attached hydrogen (secondary N) is 1. The predicted octanol–water partition coefficient (Wildman–Crippen LogP) is 2.58. The van der Waals surface area contributed by atoms with Crippen molar-refractivity contribution in [1.82, 2.24) is 0 Å². The van der Waals surface area contributed by atoms with Crippen LogP contribution in [0.2, 0.25) is 5.02 Å². The van der Waals surface area contributed by atoms with Crippen LogP contribution >= 0.6 is 11.6 Å². The number of hydrogen-bond donors (Lipinski definition) is 3. The Kier molecular flexibility index (Phi) is 4.14. The molecule has 0 fully saturated rings. The predicted molar refractivity (Wildman–Crippen MR) is 83.5 cm³/mol. The molecule has 5 N–H and O–H groups in total. The zero-order valence-corrected chi connectivity index (χ0v) is 12.1. The van der Waals surface area contributed by atoms with Gasteiger partial charge >= 0.3 is 0 Å². The van der Waals surface area contributed by atoms with E-state index in [9.17, 15) is 9.59 Å². The number of carbonyl (C=O) groups is 2. The highest BCUT2D eigenvalue weighted by Gasteiger charge is 2.13. The molecule has 2 aromatic carbocycles. The molecule has 2 rings (SSSR count). The summed E-state index contributed by atoms with van der Waals surface area (Å²) in [7, 11) is 0. The van der Waals surface area contributed by atoms with Gasteiger partial charge in [-0.1, -0.05) is 17.7 Å². The van der Waals surface area contributed by atoms with Crippen LogP contribution in [-0.4, -0.2) is 11.8 Å². The summed E-state index contributed by atoms with van der Waals surface area (Å²) in [5.74, 6) is -0.978. The monoisotopic (exact) mass is 303 g/mol. The van der Waals surface area contributed by atoms with Crippen molar-refractivity contribution in [3.05, 3.63) is 58.1 Å². The zero-order chi connectivity index (χ0) is 15.6. The molecular weight excluding hydrogens is 290 g/mol. The van der Waals surface area contributed by atoms with Crippen molar-refractivity contribution in [2.75, 3.05) is 11.1 Å². The summed E-state index contributed by atoms with van der Waals surface area (Å²) >= 11 is 5.86. The molecule has 0 aliphatic heterocycles. The van der Waals surface area contributed by atoms with Crippen molar-refractivity contribution < 1.29 is 9.59 Å². The number of carbonyl (C=O) groups excluding carboxylic acids is 2. The third-order valence-electron chi connectivity index (χ3n) is 3.11. The van der Waals surface area contributed by atoms with Gasteiger partial charge in [0.1, 0.15) is 0 Å². The van der Waals surface area contributed by atoms with E-state index in [4.69, 9.17) is 23.1 Å². The van der Waals surface area contributed by atoms with E-state index in [1.807, 2.05) is 0 Å². The summed E-state index contributed by atoms with van der Waals surface area (Å²) in [6.07, 6.45) is 0. The summed E-state index contributed by atoms with van der Waals surface area (Å²) in [4.78, 5) is 23.5. The first-order valence-electron chi connectivity index (χ1n) is 6.16. The molecule has 5 nitrogen and oxygen atoms in total. The summed E-state index contributed by atoms with van der Waals surface area (Å²) in [5, 5.41) is 2.92. The highest BCUT2D eigenvalue weighted by Crippen LogP contribution is 2.22. The van der Waals surface area contributed by atoms with E-state index in [0.29, 0.717) is 22.5 Å². The lowest BCUT2D eigenvalue weighted by molar-refractivity contribution is 0.0996. The van der Waals surface area contributed by atoms with Gasteiger partial charge in [-0.2, -0.15) is 0 Å². The summed E-state index contributed by atoms with van der Waals surface area (Å²) in [6.45, 7) is 1.76. The topological polar surface area (TPSA) is 98.2 Å². The fourth-order valence-corrected chi connectivity index (χ4v) is 2.10. The fraction of sp³-hybridized carbons (Fsp3) is 0.0667. The van der Waals surface area contributed by atoms with E-state index < -0.39 is 5.91 Å². The van der Waals surface area contributed by atoms with E-state index >= 15 is 0 Å². The Morgan fingerprint density at radius 3 is 2.52 bits per heavy atom. The van der Waals surface area contributed by atoms with Gasteiger partial charge in [0.25, 0.3) is 5.91 Å². The normalized spacial score (nSPS) is 10.2. The van der Waals surface area contributed by atoms with Crippen LogP contribution < -0.4 is 16.8 Å². The third-order valence-corrected chi connectivity index (χ3v) is 3.44. The van der Waals surface area contributed by atoms with Crippen molar-refractivity contribution in [3.63, 3.8) is 0 Å². The smallest absolute Gasteiger partial charge is 0.256 e. The van der Waals surface area contributed by atoms with Crippen molar-refractivity contribution in [2.45, 2.75) is 6.92 Å². The molecule has 0 aliphatic carbocycles.